The average molecular weight is 396 g/mol. The summed E-state index contributed by atoms with van der Waals surface area (Å²) in [5.41, 5.74) is 6.19. The minimum Gasteiger partial charge on any atom is -0.492 e. The summed E-state index contributed by atoms with van der Waals surface area (Å²) in [7, 11) is 0. The van der Waals surface area contributed by atoms with E-state index in [1.807, 2.05) is 37.3 Å². The molecule has 0 fully saturated rings. The van der Waals surface area contributed by atoms with E-state index in [2.05, 4.69) is 17.0 Å². The Kier molecular flexibility index (Phi) is 7.41. The van der Waals surface area contributed by atoms with Gasteiger partial charge in [-0.15, -0.1) is 0 Å². The molecule has 0 heterocycles. The minimum atomic E-state index is -0.550. The van der Waals surface area contributed by atoms with Crippen molar-refractivity contribution < 1.29 is 19.8 Å². The first-order chi connectivity index (χ1) is 14.1. The molecule has 2 aromatic rings. The van der Waals surface area contributed by atoms with E-state index in [-0.39, 0.29) is 12.6 Å². The van der Waals surface area contributed by atoms with Crippen molar-refractivity contribution in [1.82, 2.24) is 10.4 Å². The van der Waals surface area contributed by atoms with Crippen LogP contribution in [0.1, 0.15) is 34.7 Å². The number of ether oxygens (including phenoxy) is 1. The number of aryl methyl sites for hydroxylation is 2. The summed E-state index contributed by atoms with van der Waals surface area (Å²) >= 11 is 0. The lowest BCUT2D eigenvalue weighted by molar-refractivity contribution is -0.124. The Morgan fingerprint density at radius 1 is 1.28 bits per heavy atom. The van der Waals surface area contributed by atoms with Crippen molar-refractivity contribution in [3.05, 3.63) is 70.8 Å². The first-order valence-corrected chi connectivity index (χ1v) is 9.90. The van der Waals surface area contributed by atoms with Gasteiger partial charge in [-0.05, 0) is 60.2 Å². The fraction of sp³-hybridized carbons (Fsp3) is 0.348. The summed E-state index contributed by atoms with van der Waals surface area (Å²) in [5.74, 6) is 0.315. The van der Waals surface area contributed by atoms with Gasteiger partial charge in [-0.1, -0.05) is 30.3 Å². The van der Waals surface area contributed by atoms with Crippen LogP contribution in [0.25, 0.3) is 6.08 Å². The molecule has 1 aliphatic carbocycles. The van der Waals surface area contributed by atoms with Crippen molar-refractivity contribution in [2.75, 3.05) is 26.3 Å². The molecular formula is C23H28N2O4. The molecule has 6 nitrogen and oxygen atoms in total. The third kappa shape index (κ3) is 5.67. The second-order valence-corrected chi connectivity index (χ2v) is 7.25. The molecule has 0 saturated carbocycles. The van der Waals surface area contributed by atoms with Gasteiger partial charge in [0.25, 0.3) is 5.91 Å². The van der Waals surface area contributed by atoms with E-state index in [9.17, 15) is 9.90 Å². The highest BCUT2D eigenvalue weighted by atomic mass is 16.5. The van der Waals surface area contributed by atoms with Crippen molar-refractivity contribution >= 4 is 12.0 Å². The van der Waals surface area contributed by atoms with E-state index in [0.29, 0.717) is 13.2 Å². The van der Waals surface area contributed by atoms with Crippen LogP contribution in [-0.4, -0.2) is 47.4 Å². The molecule has 0 bridgehead atoms. The first-order valence-electron chi connectivity index (χ1n) is 9.90. The summed E-state index contributed by atoms with van der Waals surface area (Å²) in [6.45, 7) is 4.04. The largest absolute Gasteiger partial charge is 0.492 e. The van der Waals surface area contributed by atoms with E-state index in [4.69, 9.17) is 9.94 Å². The van der Waals surface area contributed by atoms with E-state index in [1.54, 1.807) is 11.6 Å². The average Bonchev–Trinajstić information content (AvgIpc) is 3.14. The predicted molar refractivity (Wildman–Crippen MR) is 112 cm³/mol. The molecule has 0 aliphatic heterocycles. The van der Waals surface area contributed by atoms with Crippen LogP contribution in [-0.2, 0) is 11.2 Å². The first kappa shape index (κ1) is 21.0. The van der Waals surface area contributed by atoms with Gasteiger partial charge in [-0.3, -0.25) is 14.9 Å². The molecule has 0 aromatic heterocycles. The smallest absolute Gasteiger partial charge is 0.267 e. The highest BCUT2D eigenvalue weighted by Crippen LogP contribution is 2.36. The number of carbonyl (C=O) groups excluding carboxylic acids is 1. The zero-order valence-electron chi connectivity index (χ0n) is 16.7. The number of carbonyl (C=O) groups is 1. The van der Waals surface area contributed by atoms with Gasteiger partial charge >= 0.3 is 0 Å². The van der Waals surface area contributed by atoms with Gasteiger partial charge in [0.15, 0.2) is 0 Å². The van der Waals surface area contributed by atoms with Crippen LogP contribution in [0.15, 0.2) is 48.5 Å². The number of hydrogen-bond acceptors (Lipinski definition) is 5. The van der Waals surface area contributed by atoms with Gasteiger partial charge < -0.3 is 9.84 Å². The van der Waals surface area contributed by atoms with Gasteiger partial charge in [0.1, 0.15) is 12.4 Å². The predicted octanol–water partition coefficient (Wildman–Crippen LogP) is 2.87. The monoisotopic (exact) mass is 396 g/mol. The quantitative estimate of drug-likeness (QED) is 0.345. The van der Waals surface area contributed by atoms with E-state index in [0.717, 1.165) is 30.7 Å². The van der Waals surface area contributed by atoms with Crippen LogP contribution in [0, 0.1) is 6.92 Å². The van der Waals surface area contributed by atoms with Crippen molar-refractivity contribution in [1.29, 1.82) is 0 Å². The van der Waals surface area contributed by atoms with Gasteiger partial charge in [0, 0.05) is 25.2 Å². The van der Waals surface area contributed by atoms with Crippen molar-refractivity contribution in [2.24, 2.45) is 0 Å². The highest BCUT2D eigenvalue weighted by Gasteiger charge is 2.27. The Morgan fingerprint density at radius 2 is 2.14 bits per heavy atom. The molecule has 1 atom stereocenters. The summed E-state index contributed by atoms with van der Waals surface area (Å²) in [4.78, 5) is 13.4. The Hall–Kier alpha value is -2.67. The molecular weight excluding hydrogens is 368 g/mol. The van der Waals surface area contributed by atoms with E-state index in [1.165, 1.54) is 22.8 Å². The Morgan fingerprint density at radius 3 is 2.90 bits per heavy atom. The molecule has 29 heavy (non-hydrogen) atoms. The Labute approximate surface area is 171 Å². The van der Waals surface area contributed by atoms with Crippen LogP contribution < -0.4 is 10.2 Å². The number of hydrogen-bond donors (Lipinski definition) is 3. The molecule has 3 N–H and O–H groups in total. The lowest BCUT2D eigenvalue weighted by Gasteiger charge is -2.29. The number of nitrogens with zero attached hydrogens (tertiary/aromatic N) is 1. The standard InChI is InChI=1S/C23H28N2O4/c1-17-3-2-4-20(15-17)29-14-12-25(11-13-26)22-9-7-19-16-18(5-8-21(19)22)6-10-23(27)24-28/h2-6,8,10,15-16,22,26,28H,7,9,11-14H2,1H3,(H,24,27). The van der Waals surface area contributed by atoms with Crippen molar-refractivity contribution in [2.45, 2.75) is 25.8 Å². The maximum absolute atomic E-state index is 11.2. The molecule has 2 aromatic carbocycles. The van der Waals surface area contributed by atoms with Crippen LogP contribution in [0.2, 0.25) is 0 Å². The Bertz CT molecular complexity index is 866. The zero-order chi connectivity index (χ0) is 20.6. The van der Waals surface area contributed by atoms with Crippen molar-refractivity contribution in [3.63, 3.8) is 0 Å². The van der Waals surface area contributed by atoms with E-state index >= 15 is 0 Å². The van der Waals surface area contributed by atoms with E-state index < -0.39 is 5.91 Å². The van der Waals surface area contributed by atoms with Crippen LogP contribution in [0.3, 0.4) is 0 Å². The molecule has 3 rings (SSSR count). The van der Waals surface area contributed by atoms with Crippen LogP contribution in [0.4, 0.5) is 0 Å². The minimum absolute atomic E-state index is 0.105. The molecule has 6 heteroatoms. The SMILES string of the molecule is Cc1cccc(OCCN(CCO)C2CCc3cc(C=CC(=O)NO)ccc32)c1. The third-order valence-electron chi connectivity index (χ3n) is 5.22. The van der Waals surface area contributed by atoms with Gasteiger partial charge in [0.05, 0.1) is 6.61 Å². The number of rotatable bonds is 9. The number of amides is 1. The number of hydroxylamine groups is 1. The zero-order valence-corrected chi connectivity index (χ0v) is 16.7. The number of nitrogens with one attached hydrogen (secondary N) is 1. The highest BCUT2D eigenvalue weighted by molar-refractivity contribution is 5.90. The molecule has 0 saturated heterocycles. The lowest BCUT2D eigenvalue weighted by Crippen LogP contribution is -2.34. The fourth-order valence-corrected chi connectivity index (χ4v) is 3.84. The summed E-state index contributed by atoms with van der Waals surface area (Å²) < 4.78 is 5.90. The van der Waals surface area contributed by atoms with Gasteiger partial charge in [-0.25, -0.2) is 5.48 Å². The van der Waals surface area contributed by atoms with Crippen molar-refractivity contribution in [3.8, 4) is 5.75 Å². The maximum atomic E-state index is 11.2. The summed E-state index contributed by atoms with van der Waals surface area (Å²) in [5, 5.41) is 18.1. The summed E-state index contributed by atoms with van der Waals surface area (Å²) in [6, 6.07) is 14.4. The van der Waals surface area contributed by atoms with Crippen LogP contribution >= 0.6 is 0 Å². The number of aliphatic hydroxyl groups is 1. The lowest BCUT2D eigenvalue weighted by atomic mass is 10.0. The Balaban J connectivity index is 1.65. The molecule has 1 unspecified atom stereocenters. The maximum Gasteiger partial charge on any atom is 0.267 e. The van der Waals surface area contributed by atoms with Gasteiger partial charge in [0.2, 0.25) is 0 Å². The number of benzene rings is 2. The second kappa shape index (κ2) is 10.2. The van der Waals surface area contributed by atoms with Gasteiger partial charge in [-0.2, -0.15) is 0 Å². The van der Waals surface area contributed by atoms with Crippen LogP contribution in [0.5, 0.6) is 5.75 Å². The second-order valence-electron chi connectivity index (χ2n) is 7.25. The molecule has 154 valence electrons. The molecule has 1 aliphatic rings. The topological polar surface area (TPSA) is 82.0 Å². The molecule has 0 radical (unpaired) electrons. The number of fused-ring (bicyclic) bond motifs is 1. The summed E-state index contributed by atoms with van der Waals surface area (Å²) in [6.07, 6.45) is 4.92. The molecule has 0 spiro atoms. The fourth-order valence-electron chi connectivity index (χ4n) is 3.84. The third-order valence-corrected chi connectivity index (χ3v) is 5.22. The molecule has 1 amide bonds. The number of aliphatic hydroxyl groups excluding tert-OH is 1. The normalized spacial score (nSPS) is 15.7.